The van der Waals surface area contributed by atoms with Gasteiger partial charge in [-0.25, -0.2) is 4.68 Å². The number of nitrogens with zero attached hydrogens (tertiary/aromatic N) is 2. The van der Waals surface area contributed by atoms with Crippen molar-refractivity contribution in [3.63, 3.8) is 0 Å². The standard InChI is InChI=1S/C7H5ClN2O2/c8-6-1-2-7(12-6)10-4-5(11)3-9-10/h1-4,11H. The smallest absolute Gasteiger partial charge is 0.221 e. The predicted molar refractivity (Wildman–Crippen MR) is 42.5 cm³/mol. The molecule has 0 aliphatic rings. The van der Waals surface area contributed by atoms with Gasteiger partial charge in [-0.2, -0.15) is 5.10 Å². The van der Waals surface area contributed by atoms with Gasteiger partial charge < -0.3 is 9.52 Å². The van der Waals surface area contributed by atoms with Crippen LogP contribution in [0.3, 0.4) is 0 Å². The Kier molecular flexibility index (Phi) is 1.55. The molecule has 0 saturated carbocycles. The van der Waals surface area contributed by atoms with Crippen LogP contribution >= 0.6 is 11.6 Å². The van der Waals surface area contributed by atoms with Gasteiger partial charge >= 0.3 is 0 Å². The second-order valence-corrected chi connectivity index (χ2v) is 2.59. The van der Waals surface area contributed by atoms with E-state index in [0.29, 0.717) is 11.1 Å². The van der Waals surface area contributed by atoms with Crippen LogP contribution in [0.2, 0.25) is 5.22 Å². The zero-order chi connectivity index (χ0) is 8.55. The summed E-state index contributed by atoms with van der Waals surface area (Å²) in [5.41, 5.74) is 0. The van der Waals surface area contributed by atoms with Gasteiger partial charge in [-0.05, 0) is 17.7 Å². The molecule has 2 aromatic rings. The maximum absolute atomic E-state index is 8.96. The van der Waals surface area contributed by atoms with E-state index < -0.39 is 0 Å². The summed E-state index contributed by atoms with van der Waals surface area (Å²) in [5, 5.41) is 13.1. The highest BCUT2D eigenvalue weighted by molar-refractivity contribution is 6.28. The molecule has 4 nitrogen and oxygen atoms in total. The van der Waals surface area contributed by atoms with Crippen LogP contribution < -0.4 is 0 Å². The maximum atomic E-state index is 8.96. The van der Waals surface area contributed by atoms with Crippen molar-refractivity contribution < 1.29 is 9.52 Å². The Labute approximate surface area is 73.0 Å². The summed E-state index contributed by atoms with van der Waals surface area (Å²) in [4.78, 5) is 0. The summed E-state index contributed by atoms with van der Waals surface area (Å²) < 4.78 is 6.43. The average Bonchev–Trinajstić information content (AvgIpc) is 2.58. The second-order valence-electron chi connectivity index (χ2n) is 2.22. The second kappa shape index (κ2) is 2.57. The SMILES string of the molecule is Oc1cnn(-c2ccc(Cl)o2)c1. The molecule has 1 N–H and O–H groups in total. The molecular formula is C7H5ClN2O2. The number of hydrogen-bond acceptors (Lipinski definition) is 3. The minimum atomic E-state index is 0.0857. The molecule has 0 unspecified atom stereocenters. The molecule has 0 bridgehead atoms. The third-order valence-electron chi connectivity index (χ3n) is 1.35. The number of halogens is 1. The van der Waals surface area contributed by atoms with Crippen LogP contribution in [0.4, 0.5) is 0 Å². The Morgan fingerprint density at radius 2 is 2.33 bits per heavy atom. The summed E-state index contributed by atoms with van der Waals surface area (Å²) in [6.45, 7) is 0. The molecule has 0 spiro atoms. The Morgan fingerprint density at radius 3 is 2.83 bits per heavy atom. The normalized spacial score (nSPS) is 10.4. The van der Waals surface area contributed by atoms with Crippen molar-refractivity contribution in [2.24, 2.45) is 0 Å². The van der Waals surface area contributed by atoms with Gasteiger partial charge in [0.05, 0.1) is 12.4 Å². The van der Waals surface area contributed by atoms with Gasteiger partial charge in [0.15, 0.2) is 11.0 Å². The molecule has 0 fully saturated rings. The molecular weight excluding hydrogens is 180 g/mol. The van der Waals surface area contributed by atoms with Gasteiger partial charge in [0.25, 0.3) is 0 Å². The Balaban J connectivity index is 2.43. The third kappa shape index (κ3) is 1.16. The fourth-order valence-corrected chi connectivity index (χ4v) is 1.00. The lowest BCUT2D eigenvalue weighted by Crippen LogP contribution is -1.89. The first-order valence-corrected chi connectivity index (χ1v) is 3.63. The Morgan fingerprint density at radius 1 is 1.50 bits per heavy atom. The first kappa shape index (κ1) is 7.24. The van der Waals surface area contributed by atoms with Crippen LogP contribution in [0.5, 0.6) is 5.75 Å². The molecule has 0 aliphatic carbocycles. The van der Waals surface area contributed by atoms with Crippen molar-refractivity contribution in [3.05, 3.63) is 29.7 Å². The fourth-order valence-electron chi connectivity index (χ4n) is 0.862. The van der Waals surface area contributed by atoms with Crippen molar-refractivity contribution in [1.82, 2.24) is 9.78 Å². The van der Waals surface area contributed by atoms with Crippen LogP contribution in [0.25, 0.3) is 5.88 Å². The fraction of sp³-hybridized carbons (Fsp3) is 0. The number of furan rings is 1. The third-order valence-corrected chi connectivity index (χ3v) is 1.56. The molecule has 0 aliphatic heterocycles. The van der Waals surface area contributed by atoms with Crippen LogP contribution in [-0.2, 0) is 0 Å². The van der Waals surface area contributed by atoms with Crippen molar-refractivity contribution in [3.8, 4) is 11.6 Å². The molecule has 2 aromatic heterocycles. The average molecular weight is 185 g/mol. The van der Waals surface area contributed by atoms with E-state index in [1.165, 1.54) is 17.1 Å². The number of aromatic hydroxyl groups is 1. The van der Waals surface area contributed by atoms with Gasteiger partial charge in [0.1, 0.15) is 0 Å². The van der Waals surface area contributed by atoms with Crippen LogP contribution in [0.1, 0.15) is 0 Å². The first-order chi connectivity index (χ1) is 5.75. The topological polar surface area (TPSA) is 51.2 Å². The maximum Gasteiger partial charge on any atom is 0.221 e. The highest BCUT2D eigenvalue weighted by Crippen LogP contribution is 2.17. The minimum Gasteiger partial charge on any atom is -0.505 e. The van der Waals surface area contributed by atoms with E-state index in [9.17, 15) is 0 Å². The molecule has 0 amide bonds. The molecule has 2 heterocycles. The lowest BCUT2D eigenvalue weighted by atomic mass is 10.6. The van der Waals surface area contributed by atoms with Crippen molar-refractivity contribution in [2.75, 3.05) is 0 Å². The van der Waals surface area contributed by atoms with Gasteiger partial charge in [-0.15, -0.1) is 0 Å². The van der Waals surface area contributed by atoms with Gasteiger partial charge in [-0.3, -0.25) is 0 Å². The largest absolute Gasteiger partial charge is 0.505 e. The summed E-state index contributed by atoms with van der Waals surface area (Å²) in [6.07, 6.45) is 2.74. The van der Waals surface area contributed by atoms with E-state index >= 15 is 0 Å². The molecule has 12 heavy (non-hydrogen) atoms. The predicted octanol–water partition coefficient (Wildman–Crippen LogP) is 1.82. The van der Waals surface area contributed by atoms with Crippen molar-refractivity contribution in [2.45, 2.75) is 0 Å². The summed E-state index contributed by atoms with van der Waals surface area (Å²) in [6, 6.07) is 3.27. The van der Waals surface area contributed by atoms with E-state index in [1.54, 1.807) is 12.1 Å². The van der Waals surface area contributed by atoms with Crippen molar-refractivity contribution in [1.29, 1.82) is 0 Å². The molecule has 0 saturated heterocycles. The lowest BCUT2D eigenvalue weighted by molar-refractivity contribution is 0.473. The zero-order valence-electron chi connectivity index (χ0n) is 5.94. The highest BCUT2D eigenvalue weighted by atomic mass is 35.5. The molecule has 0 aromatic carbocycles. The summed E-state index contributed by atoms with van der Waals surface area (Å²) in [5.74, 6) is 0.558. The highest BCUT2D eigenvalue weighted by Gasteiger charge is 2.03. The Hall–Kier alpha value is -1.42. The molecule has 2 rings (SSSR count). The molecule has 0 atom stereocenters. The van der Waals surface area contributed by atoms with Gasteiger partial charge in [0.2, 0.25) is 5.88 Å². The molecule has 5 heteroatoms. The first-order valence-electron chi connectivity index (χ1n) is 3.25. The van der Waals surface area contributed by atoms with Gasteiger partial charge in [0, 0.05) is 6.07 Å². The summed E-state index contributed by atoms with van der Waals surface area (Å²) in [7, 11) is 0. The summed E-state index contributed by atoms with van der Waals surface area (Å²) >= 11 is 5.55. The zero-order valence-corrected chi connectivity index (χ0v) is 6.69. The van der Waals surface area contributed by atoms with Crippen LogP contribution in [-0.4, -0.2) is 14.9 Å². The number of hydrogen-bond donors (Lipinski definition) is 1. The quantitative estimate of drug-likeness (QED) is 0.736. The molecule has 62 valence electrons. The van der Waals surface area contributed by atoms with E-state index in [4.69, 9.17) is 21.1 Å². The molecule has 0 radical (unpaired) electrons. The van der Waals surface area contributed by atoms with E-state index in [-0.39, 0.29) is 5.75 Å². The monoisotopic (exact) mass is 184 g/mol. The van der Waals surface area contributed by atoms with Crippen LogP contribution in [0.15, 0.2) is 28.9 Å². The van der Waals surface area contributed by atoms with Crippen molar-refractivity contribution >= 4 is 11.6 Å². The van der Waals surface area contributed by atoms with Gasteiger partial charge in [-0.1, -0.05) is 0 Å². The Bertz CT molecular complexity index is 355. The lowest BCUT2D eigenvalue weighted by Gasteiger charge is -1.91. The number of aromatic nitrogens is 2. The van der Waals surface area contributed by atoms with E-state index in [0.717, 1.165) is 0 Å². The minimum absolute atomic E-state index is 0.0857. The van der Waals surface area contributed by atoms with E-state index in [2.05, 4.69) is 5.10 Å². The van der Waals surface area contributed by atoms with Crippen LogP contribution in [0, 0.1) is 0 Å². The number of rotatable bonds is 1. The van der Waals surface area contributed by atoms with E-state index in [1.807, 2.05) is 0 Å².